The van der Waals surface area contributed by atoms with E-state index in [4.69, 9.17) is 15.2 Å². The Bertz CT molecular complexity index is 787. The number of carbonyl (C=O) groups excluding carboxylic acids is 2. The number of benzene rings is 2. The van der Waals surface area contributed by atoms with E-state index < -0.39 is 23.6 Å². The fourth-order valence-corrected chi connectivity index (χ4v) is 1.90. The minimum Gasteiger partial charge on any atom is -0.497 e. The van der Waals surface area contributed by atoms with Crippen LogP contribution in [0.4, 0.5) is 13.2 Å². The summed E-state index contributed by atoms with van der Waals surface area (Å²) in [7, 11) is 1.36. The Morgan fingerprint density at radius 3 is 2.38 bits per heavy atom. The number of hydrogen-bond donors (Lipinski definition) is 1. The van der Waals surface area contributed by atoms with Crippen LogP contribution in [-0.4, -0.2) is 19.0 Å². The Balaban J connectivity index is 2.35. The van der Waals surface area contributed by atoms with Gasteiger partial charge in [-0.15, -0.1) is 0 Å². The van der Waals surface area contributed by atoms with Gasteiger partial charge in [-0.05, 0) is 30.3 Å². The minimum absolute atomic E-state index is 0.101. The van der Waals surface area contributed by atoms with Gasteiger partial charge in [0.25, 0.3) is 5.91 Å². The Morgan fingerprint density at radius 2 is 1.79 bits per heavy atom. The molecule has 1 amide bonds. The Kier molecular flexibility index (Phi) is 4.77. The van der Waals surface area contributed by atoms with Crippen molar-refractivity contribution in [2.24, 2.45) is 5.73 Å². The van der Waals surface area contributed by atoms with Crippen molar-refractivity contribution >= 4 is 11.9 Å². The van der Waals surface area contributed by atoms with Gasteiger partial charge < -0.3 is 15.2 Å². The molecule has 0 fully saturated rings. The molecular formula is C16H12F3NO4. The molecule has 0 saturated carbocycles. The van der Waals surface area contributed by atoms with Crippen LogP contribution in [0.25, 0.3) is 0 Å². The molecule has 126 valence electrons. The molecule has 0 atom stereocenters. The lowest BCUT2D eigenvalue weighted by atomic mass is 10.1. The highest BCUT2D eigenvalue weighted by molar-refractivity contribution is 5.98. The van der Waals surface area contributed by atoms with Crippen molar-refractivity contribution in [3.05, 3.63) is 59.2 Å². The SMILES string of the molecule is COc1ccc(C(N)=O)c(OC(=O)c2cccc(C(F)(F)F)c2)c1. The number of esters is 1. The molecule has 0 spiro atoms. The van der Waals surface area contributed by atoms with Gasteiger partial charge in [-0.25, -0.2) is 4.79 Å². The van der Waals surface area contributed by atoms with Crippen molar-refractivity contribution in [1.82, 2.24) is 0 Å². The van der Waals surface area contributed by atoms with Gasteiger partial charge in [0, 0.05) is 6.07 Å². The lowest BCUT2D eigenvalue weighted by Gasteiger charge is -2.11. The molecule has 0 unspecified atom stereocenters. The Morgan fingerprint density at radius 1 is 1.08 bits per heavy atom. The van der Waals surface area contributed by atoms with Gasteiger partial charge in [-0.1, -0.05) is 6.07 Å². The zero-order valence-electron chi connectivity index (χ0n) is 12.4. The maximum Gasteiger partial charge on any atom is 0.416 e. The smallest absolute Gasteiger partial charge is 0.416 e. The van der Waals surface area contributed by atoms with Gasteiger partial charge in [0.15, 0.2) is 0 Å². The van der Waals surface area contributed by atoms with Crippen LogP contribution in [0.1, 0.15) is 26.3 Å². The first-order valence-corrected chi connectivity index (χ1v) is 6.59. The zero-order chi connectivity index (χ0) is 17.9. The van der Waals surface area contributed by atoms with Crippen LogP contribution in [-0.2, 0) is 6.18 Å². The van der Waals surface area contributed by atoms with E-state index in [0.29, 0.717) is 6.07 Å². The summed E-state index contributed by atoms with van der Waals surface area (Å²) in [6.45, 7) is 0. The molecule has 0 aliphatic heterocycles. The molecular weight excluding hydrogens is 327 g/mol. The number of nitrogens with two attached hydrogens (primary N) is 1. The van der Waals surface area contributed by atoms with Crippen LogP contribution in [0.15, 0.2) is 42.5 Å². The van der Waals surface area contributed by atoms with Gasteiger partial charge in [-0.3, -0.25) is 4.79 Å². The summed E-state index contributed by atoms with van der Waals surface area (Å²) in [5, 5.41) is 0. The van der Waals surface area contributed by atoms with Crippen molar-refractivity contribution < 1.29 is 32.2 Å². The summed E-state index contributed by atoms with van der Waals surface area (Å²) < 4.78 is 48.1. The average Bonchev–Trinajstić information content (AvgIpc) is 2.53. The third-order valence-corrected chi connectivity index (χ3v) is 3.08. The van der Waals surface area contributed by atoms with Crippen LogP contribution in [0.2, 0.25) is 0 Å². The van der Waals surface area contributed by atoms with E-state index in [9.17, 15) is 22.8 Å². The Labute approximate surface area is 134 Å². The molecule has 24 heavy (non-hydrogen) atoms. The van der Waals surface area contributed by atoms with Gasteiger partial charge in [0.1, 0.15) is 11.5 Å². The Hall–Kier alpha value is -3.03. The highest BCUT2D eigenvalue weighted by Gasteiger charge is 2.31. The zero-order valence-corrected chi connectivity index (χ0v) is 12.4. The molecule has 0 heterocycles. The fourth-order valence-electron chi connectivity index (χ4n) is 1.90. The van der Waals surface area contributed by atoms with E-state index in [0.717, 1.165) is 12.1 Å². The summed E-state index contributed by atoms with van der Waals surface area (Å²) in [6.07, 6.45) is -4.59. The molecule has 0 radical (unpaired) electrons. The van der Waals surface area contributed by atoms with Crippen LogP contribution >= 0.6 is 0 Å². The second-order valence-corrected chi connectivity index (χ2v) is 4.69. The maximum atomic E-state index is 12.7. The molecule has 2 aromatic carbocycles. The number of halogens is 3. The summed E-state index contributed by atoms with van der Waals surface area (Å²) >= 11 is 0. The number of methoxy groups -OCH3 is 1. The molecule has 0 bridgehead atoms. The highest BCUT2D eigenvalue weighted by Crippen LogP contribution is 2.30. The first-order valence-electron chi connectivity index (χ1n) is 6.59. The number of ether oxygens (including phenoxy) is 2. The normalized spacial score (nSPS) is 11.0. The highest BCUT2D eigenvalue weighted by atomic mass is 19.4. The average molecular weight is 339 g/mol. The summed E-state index contributed by atoms with van der Waals surface area (Å²) in [5.41, 5.74) is 3.78. The minimum atomic E-state index is -4.59. The number of carbonyl (C=O) groups is 2. The van der Waals surface area contributed by atoms with E-state index in [2.05, 4.69) is 0 Å². The maximum absolute atomic E-state index is 12.7. The van der Waals surface area contributed by atoms with E-state index in [1.54, 1.807) is 0 Å². The first-order chi connectivity index (χ1) is 11.2. The third-order valence-electron chi connectivity index (χ3n) is 3.08. The molecule has 2 rings (SSSR count). The van der Waals surface area contributed by atoms with Gasteiger partial charge in [0.2, 0.25) is 0 Å². The lowest BCUT2D eigenvalue weighted by molar-refractivity contribution is -0.137. The standard InChI is InChI=1S/C16H12F3NO4/c1-23-11-5-6-12(14(20)21)13(8-11)24-15(22)9-3-2-4-10(7-9)16(17,18)19/h2-8H,1H3,(H2,20,21). The second kappa shape index (κ2) is 6.61. The van der Waals surface area contributed by atoms with Crippen LogP contribution in [0.5, 0.6) is 11.5 Å². The molecule has 8 heteroatoms. The van der Waals surface area contributed by atoms with Crippen molar-refractivity contribution in [2.45, 2.75) is 6.18 Å². The van der Waals surface area contributed by atoms with Crippen molar-refractivity contribution in [1.29, 1.82) is 0 Å². The molecule has 0 aliphatic carbocycles. The van der Waals surface area contributed by atoms with E-state index >= 15 is 0 Å². The number of amides is 1. The molecule has 0 aliphatic rings. The van der Waals surface area contributed by atoms with E-state index in [-0.39, 0.29) is 22.6 Å². The van der Waals surface area contributed by atoms with Gasteiger partial charge in [-0.2, -0.15) is 13.2 Å². The summed E-state index contributed by atoms with van der Waals surface area (Å²) in [4.78, 5) is 23.5. The van der Waals surface area contributed by atoms with Crippen molar-refractivity contribution in [2.75, 3.05) is 7.11 Å². The molecule has 2 N–H and O–H groups in total. The molecule has 5 nitrogen and oxygen atoms in total. The topological polar surface area (TPSA) is 78.6 Å². The van der Waals surface area contributed by atoms with E-state index in [1.807, 2.05) is 0 Å². The lowest BCUT2D eigenvalue weighted by Crippen LogP contribution is -2.16. The van der Waals surface area contributed by atoms with Gasteiger partial charge >= 0.3 is 12.1 Å². The predicted octanol–water partition coefficient (Wildman–Crippen LogP) is 3.03. The number of alkyl halides is 3. The molecule has 0 aromatic heterocycles. The molecule has 0 saturated heterocycles. The van der Waals surface area contributed by atoms with Crippen LogP contribution in [0.3, 0.4) is 0 Å². The van der Waals surface area contributed by atoms with Crippen molar-refractivity contribution in [3.8, 4) is 11.5 Å². The van der Waals surface area contributed by atoms with Crippen LogP contribution < -0.4 is 15.2 Å². The summed E-state index contributed by atoms with van der Waals surface area (Å²) in [5.74, 6) is -1.84. The predicted molar refractivity (Wildman–Crippen MR) is 77.9 cm³/mol. The van der Waals surface area contributed by atoms with Crippen molar-refractivity contribution in [3.63, 3.8) is 0 Å². The number of hydrogen-bond acceptors (Lipinski definition) is 4. The fraction of sp³-hybridized carbons (Fsp3) is 0.125. The monoisotopic (exact) mass is 339 g/mol. The second-order valence-electron chi connectivity index (χ2n) is 4.69. The van der Waals surface area contributed by atoms with Crippen LogP contribution in [0, 0.1) is 0 Å². The molecule has 2 aromatic rings. The van der Waals surface area contributed by atoms with E-state index in [1.165, 1.54) is 31.4 Å². The quantitative estimate of drug-likeness (QED) is 0.686. The number of rotatable bonds is 4. The first kappa shape index (κ1) is 17.3. The third kappa shape index (κ3) is 3.83. The summed E-state index contributed by atoms with van der Waals surface area (Å²) in [6, 6.07) is 7.70. The van der Waals surface area contributed by atoms with Gasteiger partial charge in [0.05, 0.1) is 23.8 Å². The largest absolute Gasteiger partial charge is 0.497 e. The number of primary amides is 1.